The van der Waals surface area contributed by atoms with Gasteiger partial charge in [0.25, 0.3) is 0 Å². The molecule has 5 aliphatic rings. The molecule has 5 rings (SSSR count). The van der Waals surface area contributed by atoms with Gasteiger partial charge in [-0.25, -0.2) is 0 Å². The summed E-state index contributed by atoms with van der Waals surface area (Å²) < 4.78 is -7.87. The van der Waals surface area contributed by atoms with E-state index in [2.05, 4.69) is 0 Å². The molecule has 200 valence electrons. The summed E-state index contributed by atoms with van der Waals surface area (Å²) in [5.74, 6) is -4.05. The van der Waals surface area contributed by atoms with Crippen LogP contribution in [0.2, 0.25) is 0 Å². The van der Waals surface area contributed by atoms with Gasteiger partial charge in [-0.3, -0.25) is 9.59 Å². The number of hydrogen-bond acceptors (Lipinski definition) is 2. The summed E-state index contributed by atoms with van der Waals surface area (Å²) in [6, 6.07) is 0. The zero-order valence-electron chi connectivity index (χ0n) is 21.1. The number of hydrogen-bond donors (Lipinski definition) is 0. The Bertz CT molecular complexity index is 1050. The minimum absolute atomic E-state index is 0.126. The monoisotopic (exact) mass is 652 g/mol. The van der Waals surface area contributed by atoms with Crippen molar-refractivity contribution >= 4 is 104 Å². The average molecular weight is 656 g/mol. The Kier molecular flexibility index (Phi) is 5.67. The molecule has 8 unspecified atom stereocenters. The van der Waals surface area contributed by atoms with Crippen LogP contribution in [0.25, 0.3) is 0 Å². The van der Waals surface area contributed by atoms with Gasteiger partial charge in [0.15, 0.2) is 28.9 Å². The highest BCUT2D eigenvalue weighted by molar-refractivity contribution is 6.65. The molecule has 36 heavy (non-hydrogen) atoms. The normalized spacial score (nSPS) is 51.4. The van der Waals surface area contributed by atoms with Gasteiger partial charge >= 0.3 is 0 Å². The van der Waals surface area contributed by atoms with Crippen molar-refractivity contribution in [3.05, 3.63) is 22.3 Å². The lowest BCUT2D eigenvalue weighted by Gasteiger charge is -2.62. The summed E-state index contributed by atoms with van der Waals surface area (Å²) in [6.45, 7) is 14.6. The quantitative estimate of drug-likeness (QED) is 0.193. The van der Waals surface area contributed by atoms with E-state index in [-0.39, 0.29) is 11.6 Å². The van der Waals surface area contributed by atoms with Crippen molar-refractivity contribution in [2.24, 2.45) is 45.3 Å². The van der Waals surface area contributed by atoms with E-state index >= 15 is 0 Å². The third-order valence-electron chi connectivity index (χ3n) is 11.7. The van der Waals surface area contributed by atoms with Crippen LogP contribution in [0.15, 0.2) is 22.3 Å². The van der Waals surface area contributed by atoms with Crippen molar-refractivity contribution in [3.8, 4) is 0 Å². The number of Topliss-reactive ketones (excluding diaryl/α,β-unsaturated/α-hetero) is 2. The number of allylic oxidation sites excluding steroid dienone is 4. The van der Waals surface area contributed by atoms with E-state index in [1.165, 1.54) is 0 Å². The van der Waals surface area contributed by atoms with E-state index in [0.29, 0.717) is 0 Å². The molecule has 10 heteroatoms. The first-order valence-corrected chi connectivity index (χ1v) is 14.9. The van der Waals surface area contributed by atoms with Crippen LogP contribution in [0.5, 0.6) is 0 Å². The van der Waals surface area contributed by atoms with Crippen LogP contribution in [0.4, 0.5) is 0 Å². The van der Waals surface area contributed by atoms with Crippen molar-refractivity contribution in [2.75, 3.05) is 0 Å². The highest BCUT2D eigenvalue weighted by Crippen LogP contribution is 2.84. The Morgan fingerprint density at radius 1 is 0.417 bits per heavy atom. The van der Waals surface area contributed by atoms with E-state index in [0.717, 1.165) is 22.3 Å². The molecule has 5 aliphatic carbocycles. The first-order chi connectivity index (χ1) is 15.9. The van der Waals surface area contributed by atoms with Crippen molar-refractivity contribution < 1.29 is 9.59 Å². The van der Waals surface area contributed by atoms with E-state index in [1.807, 2.05) is 27.7 Å². The predicted octanol–water partition coefficient (Wildman–Crippen LogP) is 9.05. The Morgan fingerprint density at radius 2 is 0.556 bits per heavy atom. The number of alkyl halides is 8. The Hall–Kier alpha value is 1.14. The van der Waals surface area contributed by atoms with Crippen LogP contribution in [-0.4, -0.2) is 28.9 Å². The maximum absolute atomic E-state index is 14.2. The van der Waals surface area contributed by atoms with E-state index < -0.39 is 62.7 Å². The number of halogens is 8. The van der Waals surface area contributed by atoms with Crippen LogP contribution < -0.4 is 0 Å². The summed E-state index contributed by atoms with van der Waals surface area (Å²) in [6.07, 6.45) is 0. The van der Waals surface area contributed by atoms with Gasteiger partial charge in [-0.1, -0.05) is 115 Å². The molecule has 4 bridgehead atoms. The molecular formula is C26H28Cl8O2. The van der Waals surface area contributed by atoms with Crippen LogP contribution in [0.3, 0.4) is 0 Å². The molecule has 0 saturated heterocycles. The first kappa shape index (κ1) is 28.7. The molecule has 0 heterocycles. The number of rotatable bonds is 0. The van der Waals surface area contributed by atoms with Crippen molar-refractivity contribution in [1.29, 1.82) is 0 Å². The smallest absolute Gasteiger partial charge is 0.155 e. The largest absolute Gasteiger partial charge is 0.298 e. The Morgan fingerprint density at radius 3 is 0.694 bits per heavy atom. The average Bonchev–Trinajstić information content (AvgIpc) is 3.19. The highest BCUT2D eigenvalue weighted by atomic mass is 35.5. The molecule has 0 radical (unpaired) electrons. The van der Waals surface area contributed by atoms with Gasteiger partial charge < -0.3 is 0 Å². The number of ketones is 2. The number of carbonyl (C=O) groups excluding carboxylic acids is 2. The minimum Gasteiger partial charge on any atom is -0.298 e. The molecule has 2 nitrogen and oxygen atoms in total. The fraction of sp³-hybridized carbons (Fsp3) is 0.769. The van der Waals surface area contributed by atoms with Crippen molar-refractivity contribution in [3.63, 3.8) is 0 Å². The van der Waals surface area contributed by atoms with Crippen LogP contribution in [-0.2, 0) is 9.59 Å². The van der Waals surface area contributed by atoms with Gasteiger partial charge in [-0.15, -0.1) is 0 Å². The third kappa shape index (κ3) is 2.38. The molecular weight excluding hydrogens is 628 g/mol. The van der Waals surface area contributed by atoms with Gasteiger partial charge in [0.2, 0.25) is 0 Å². The fourth-order valence-electron chi connectivity index (χ4n) is 9.27. The summed E-state index contributed by atoms with van der Waals surface area (Å²) in [5.41, 5.74) is -1.45. The predicted molar refractivity (Wildman–Crippen MR) is 151 cm³/mol. The molecule has 8 atom stereocenters. The van der Waals surface area contributed by atoms with E-state index in [9.17, 15) is 9.59 Å². The number of fused-ring (bicyclic) bond motifs is 10. The zero-order valence-corrected chi connectivity index (χ0v) is 27.2. The minimum atomic E-state index is -1.97. The molecule has 0 N–H and O–H groups in total. The first-order valence-electron chi connectivity index (χ1n) is 11.9. The second kappa shape index (κ2) is 7.13. The van der Waals surface area contributed by atoms with Crippen molar-refractivity contribution in [1.82, 2.24) is 0 Å². The lowest BCUT2D eigenvalue weighted by molar-refractivity contribution is -0.130. The second-order valence-corrected chi connectivity index (χ2v) is 17.9. The highest BCUT2D eigenvalue weighted by Gasteiger charge is 2.88. The maximum Gasteiger partial charge on any atom is 0.155 e. The molecule has 0 amide bonds. The fourth-order valence-corrected chi connectivity index (χ4v) is 13.0. The molecule has 0 spiro atoms. The van der Waals surface area contributed by atoms with Gasteiger partial charge in [0.1, 0.15) is 0 Å². The SMILES string of the molecule is CC1=C(C)C2(C)C(=O)C1(C)C1C2C(Cl)(Cl)C(Cl)(Cl)C2C(C3(C)C(=O)C2(C)C(C)=C3C)C(Cl)(Cl)C1(Cl)Cl. The van der Waals surface area contributed by atoms with Gasteiger partial charge in [0, 0.05) is 23.7 Å². The standard InChI is InChI=1S/C26H28Cl8O2/c1-9-10(2)20(6)14-13(19(9,5)17(20)35)23(27,28)25(31,32)15-16(26(33,34)24(14,29)30)22(8)12(4)11(3)21(15,7)18(22)36/h13-16H,1-8H3. The maximum atomic E-state index is 14.2. The second-order valence-electron chi connectivity index (χ2n) is 12.4. The van der Waals surface area contributed by atoms with E-state index in [1.54, 1.807) is 27.7 Å². The van der Waals surface area contributed by atoms with Crippen molar-refractivity contribution in [2.45, 2.75) is 72.7 Å². The molecule has 0 aromatic rings. The number of carbonyl (C=O) groups is 2. The topological polar surface area (TPSA) is 34.1 Å². The van der Waals surface area contributed by atoms with Crippen LogP contribution in [0, 0.1) is 45.3 Å². The Labute approximate surface area is 252 Å². The molecule has 3 saturated carbocycles. The third-order valence-corrected chi connectivity index (χ3v) is 16.8. The Balaban J connectivity index is 1.94. The molecule has 0 aromatic heterocycles. The van der Waals surface area contributed by atoms with Crippen LogP contribution in [0.1, 0.15) is 55.4 Å². The van der Waals surface area contributed by atoms with Gasteiger partial charge in [0.05, 0.1) is 21.7 Å². The zero-order chi connectivity index (χ0) is 27.8. The molecule has 0 aliphatic heterocycles. The lowest BCUT2D eigenvalue weighted by Crippen LogP contribution is -2.69. The van der Waals surface area contributed by atoms with Crippen LogP contribution >= 0.6 is 92.8 Å². The molecule has 0 aromatic carbocycles. The van der Waals surface area contributed by atoms with Gasteiger partial charge in [-0.2, -0.15) is 0 Å². The lowest BCUT2D eigenvalue weighted by atomic mass is 9.54. The summed E-state index contributed by atoms with van der Waals surface area (Å²) >= 11 is 58.6. The summed E-state index contributed by atoms with van der Waals surface area (Å²) in [4.78, 5) is 28.4. The van der Waals surface area contributed by atoms with Gasteiger partial charge in [-0.05, 0) is 55.4 Å². The van der Waals surface area contributed by atoms with E-state index in [4.69, 9.17) is 92.8 Å². The summed E-state index contributed by atoms with van der Waals surface area (Å²) in [5, 5.41) is 0. The molecule has 3 fully saturated rings. The summed E-state index contributed by atoms with van der Waals surface area (Å²) in [7, 11) is 0.